The van der Waals surface area contributed by atoms with Gasteiger partial charge in [-0.3, -0.25) is 4.79 Å². The topological polar surface area (TPSA) is 41.1 Å². The molecule has 1 saturated carbocycles. The van der Waals surface area contributed by atoms with E-state index in [0.29, 0.717) is 11.6 Å². The van der Waals surface area contributed by atoms with Crippen molar-refractivity contribution in [1.29, 1.82) is 0 Å². The Morgan fingerprint density at radius 2 is 2.24 bits per heavy atom. The Bertz CT molecular complexity index is 329. The third-order valence-corrected chi connectivity index (χ3v) is 3.84. The molecule has 2 rings (SSSR count). The minimum absolute atomic E-state index is 0.0319. The van der Waals surface area contributed by atoms with E-state index in [1.165, 1.54) is 19.3 Å². The second-order valence-electron chi connectivity index (χ2n) is 5.14. The van der Waals surface area contributed by atoms with E-state index in [0.717, 1.165) is 19.4 Å². The largest absolute Gasteiger partial charge is 0.350 e. The molecule has 0 bridgehead atoms. The molecule has 0 aromatic carbocycles. The van der Waals surface area contributed by atoms with Gasteiger partial charge in [0, 0.05) is 17.7 Å². The lowest BCUT2D eigenvalue weighted by atomic mass is 9.70. The molecule has 1 spiro atoms. The van der Waals surface area contributed by atoms with Crippen LogP contribution in [-0.2, 0) is 4.79 Å². The van der Waals surface area contributed by atoms with Crippen LogP contribution in [0, 0.1) is 0 Å². The number of hydrogen-bond acceptors (Lipinski definition) is 2. The summed E-state index contributed by atoms with van der Waals surface area (Å²) in [6.45, 7) is 2.97. The van der Waals surface area contributed by atoms with Gasteiger partial charge in [0.05, 0.1) is 0 Å². The van der Waals surface area contributed by atoms with Crippen LogP contribution in [0.5, 0.6) is 0 Å². The van der Waals surface area contributed by atoms with E-state index in [2.05, 4.69) is 10.6 Å². The Morgan fingerprint density at radius 1 is 1.41 bits per heavy atom. The molecule has 1 amide bonds. The molecule has 1 aliphatic heterocycles. The van der Waals surface area contributed by atoms with Gasteiger partial charge in [-0.25, -0.2) is 0 Å². The lowest BCUT2D eigenvalue weighted by Crippen LogP contribution is -2.59. The highest BCUT2D eigenvalue weighted by Crippen LogP contribution is 2.38. The van der Waals surface area contributed by atoms with E-state index < -0.39 is 0 Å². The Hall–Kier alpha value is -1.09. The minimum atomic E-state index is 0.0319. The maximum atomic E-state index is 11.7. The molecule has 1 heterocycles. The van der Waals surface area contributed by atoms with Gasteiger partial charge in [-0.15, -0.1) is 0 Å². The molecule has 1 atom stereocenters. The summed E-state index contributed by atoms with van der Waals surface area (Å²) in [6, 6.07) is 0.347. The summed E-state index contributed by atoms with van der Waals surface area (Å²) in [6.07, 6.45) is 13.2. The van der Waals surface area contributed by atoms with Gasteiger partial charge < -0.3 is 10.6 Å². The number of carbonyl (C=O) groups is 1. The molecular weight excluding hydrogens is 212 g/mol. The van der Waals surface area contributed by atoms with E-state index in [-0.39, 0.29) is 5.91 Å². The summed E-state index contributed by atoms with van der Waals surface area (Å²) in [4.78, 5) is 11.7. The monoisotopic (exact) mass is 234 g/mol. The van der Waals surface area contributed by atoms with Crippen LogP contribution in [0.1, 0.15) is 39.0 Å². The zero-order valence-corrected chi connectivity index (χ0v) is 10.5. The van der Waals surface area contributed by atoms with Crippen LogP contribution in [0.15, 0.2) is 24.3 Å². The molecular formula is C14H22N2O. The average Bonchev–Trinajstić information content (AvgIpc) is 2.28. The highest BCUT2D eigenvalue weighted by atomic mass is 16.1. The lowest BCUT2D eigenvalue weighted by Gasteiger charge is -2.48. The number of carbonyl (C=O) groups excluding carboxylic acids is 1. The second kappa shape index (κ2) is 5.50. The first kappa shape index (κ1) is 12.4. The molecule has 17 heavy (non-hydrogen) atoms. The summed E-state index contributed by atoms with van der Waals surface area (Å²) in [5.41, 5.74) is 0.350. The quantitative estimate of drug-likeness (QED) is 0.578. The van der Waals surface area contributed by atoms with Gasteiger partial charge in [0.15, 0.2) is 0 Å². The number of piperidine rings is 1. The number of rotatable bonds is 3. The van der Waals surface area contributed by atoms with Gasteiger partial charge in [0.1, 0.15) is 0 Å². The van der Waals surface area contributed by atoms with Crippen LogP contribution in [0.4, 0.5) is 0 Å². The predicted octanol–water partition coefficient (Wildman–Crippen LogP) is 1.91. The second-order valence-corrected chi connectivity index (χ2v) is 5.14. The number of hydrogen-bond donors (Lipinski definition) is 2. The van der Waals surface area contributed by atoms with Crippen LogP contribution in [0.3, 0.4) is 0 Å². The van der Waals surface area contributed by atoms with Crippen molar-refractivity contribution < 1.29 is 4.79 Å². The summed E-state index contributed by atoms with van der Waals surface area (Å²) in [5, 5.41) is 6.71. The molecule has 2 N–H and O–H groups in total. The smallest absolute Gasteiger partial charge is 0.244 e. The van der Waals surface area contributed by atoms with Crippen molar-refractivity contribution in [3.8, 4) is 0 Å². The molecule has 1 aliphatic carbocycles. The minimum Gasteiger partial charge on any atom is -0.350 e. The fourth-order valence-corrected chi connectivity index (χ4v) is 2.77. The Balaban J connectivity index is 1.80. The Kier molecular flexibility index (Phi) is 4.00. The van der Waals surface area contributed by atoms with Crippen LogP contribution in [0.25, 0.3) is 0 Å². The average molecular weight is 234 g/mol. The normalized spacial score (nSPS) is 27.5. The van der Waals surface area contributed by atoms with Crippen molar-refractivity contribution in [2.75, 3.05) is 6.54 Å². The molecule has 3 heteroatoms. The Labute approximate surface area is 103 Å². The molecule has 2 aliphatic rings. The fraction of sp³-hybridized carbons (Fsp3) is 0.643. The standard InChI is InChI=1S/C14H22N2O/c1-2-3-4-6-13(17)16-12-7-10-15-14(11-12)8-5-9-14/h2-4,6,12,15H,5,7-11H2,1H3,(H,16,17)/b3-2+,6-4+. The molecule has 0 radical (unpaired) electrons. The zero-order valence-electron chi connectivity index (χ0n) is 10.5. The molecule has 2 fully saturated rings. The molecule has 0 aromatic rings. The van der Waals surface area contributed by atoms with Crippen LogP contribution >= 0.6 is 0 Å². The highest BCUT2D eigenvalue weighted by molar-refractivity contribution is 5.88. The summed E-state index contributed by atoms with van der Waals surface area (Å²) in [7, 11) is 0. The predicted molar refractivity (Wildman–Crippen MR) is 69.7 cm³/mol. The maximum absolute atomic E-state index is 11.7. The van der Waals surface area contributed by atoms with Crippen LogP contribution in [0.2, 0.25) is 0 Å². The molecule has 0 aromatic heterocycles. The van der Waals surface area contributed by atoms with E-state index in [4.69, 9.17) is 0 Å². The van der Waals surface area contributed by atoms with Crippen molar-refractivity contribution >= 4 is 5.91 Å². The van der Waals surface area contributed by atoms with E-state index in [1.807, 2.05) is 19.1 Å². The third-order valence-electron chi connectivity index (χ3n) is 3.84. The number of nitrogens with one attached hydrogen (secondary N) is 2. The van der Waals surface area contributed by atoms with Gasteiger partial charge in [-0.05, 0) is 45.6 Å². The fourth-order valence-electron chi connectivity index (χ4n) is 2.77. The summed E-state index contributed by atoms with van der Waals surface area (Å²) < 4.78 is 0. The van der Waals surface area contributed by atoms with Gasteiger partial charge in [-0.2, -0.15) is 0 Å². The number of allylic oxidation sites excluding steroid dienone is 3. The van der Waals surface area contributed by atoms with Crippen molar-refractivity contribution in [1.82, 2.24) is 10.6 Å². The van der Waals surface area contributed by atoms with Crippen molar-refractivity contribution in [2.24, 2.45) is 0 Å². The zero-order chi connectivity index (χ0) is 12.1. The molecule has 94 valence electrons. The molecule has 1 saturated heterocycles. The van der Waals surface area contributed by atoms with E-state index in [9.17, 15) is 4.79 Å². The SMILES string of the molecule is C/C=C/C=C/C(=O)NC1CCNC2(CCC2)C1. The Morgan fingerprint density at radius 3 is 2.88 bits per heavy atom. The van der Waals surface area contributed by atoms with Crippen molar-refractivity contribution in [2.45, 2.75) is 50.6 Å². The third kappa shape index (κ3) is 3.19. The van der Waals surface area contributed by atoms with Crippen LogP contribution in [-0.4, -0.2) is 24.0 Å². The first-order valence-corrected chi connectivity index (χ1v) is 6.59. The van der Waals surface area contributed by atoms with Gasteiger partial charge in [0.25, 0.3) is 0 Å². The molecule has 1 unspecified atom stereocenters. The first-order chi connectivity index (χ1) is 8.24. The lowest BCUT2D eigenvalue weighted by molar-refractivity contribution is -0.117. The van der Waals surface area contributed by atoms with Crippen molar-refractivity contribution in [3.63, 3.8) is 0 Å². The number of amides is 1. The van der Waals surface area contributed by atoms with Gasteiger partial charge >= 0.3 is 0 Å². The highest BCUT2D eigenvalue weighted by Gasteiger charge is 2.40. The van der Waals surface area contributed by atoms with E-state index >= 15 is 0 Å². The van der Waals surface area contributed by atoms with Crippen LogP contribution < -0.4 is 10.6 Å². The van der Waals surface area contributed by atoms with Gasteiger partial charge in [0.2, 0.25) is 5.91 Å². The molecule has 3 nitrogen and oxygen atoms in total. The summed E-state index contributed by atoms with van der Waals surface area (Å²) in [5.74, 6) is 0.0319. The van der Waals surface area contributed by atoms with E-state index in [1.54, 1.807) is 12.2 Å². The summed E-state index contributed by atoms with van der Waals surface area (Å²) >= 11 is 0. The first-order valence-electron chi connectivity index (χ1n) is 6.59. The van der Waals surface area contributed by atoms with Crippen molar-refractivity contribution in [3.05, 3.63) is 24.3 Å². The van der Waals surface area contributed by atoms with Gasteiger partial charge in [-0.1, -0.05) is 18.2 Å². The maximum Gasteiger partial charge on any atom is 0.244 e.